The van der Waals surface area contributed by atoms with Crippen molar-refractivity contribution < 1.29 is 0 Å². The highest BCUT2D eigenvalue weighted by Crippen LogP contribution is 2.37. The lowest BCUT2D eigenvalue weighted by Gasteiger charge is -2.18. The predicted molar refractivity (Wildman–Crippen MR) is 79.6 cm³/mol. The van der Waals surface area contributed by atoms with Crippen molar-refractivity contribution in [3.8, 4) is 0 Å². The van der Waals surface area contributed by atoms with E-state index in [1.807, 2.05) is 11.3 Å². The maximum absolute atomic E-state index is 4.77. The first-order valence-corrected chi connectivity index (χ1v) is 7.70. The molecule has 102 valence electrons. The Morgan fingerprint density at radius 3 is 2.78 bits per heavy atom. The second-order valence-electron chi connectivity index (χ2n) is 6.06. The van der Waals surface area contributed by atoms with Crippen LogP contribution in [0.5, 0.6) is 0 Å². The van der Waals surface area contributed by atoms with Gasteiger partial charge in [0.25, 0.3) is 0 Å². The van der Waals surface area contributed by atoms with E-state index in [0.29, 0.717) is 11.5 Å². The molecule has 1 aliphatic rings. The third-order valence-corrected chi connectivity index (χ3v) is 5.07. The third-order valence-electron chi connectivity index (χ3n) is 3.67. The molecule has 0 saturated carbocycles. The van der Waals surface area contributed by atoms with Crippen LogP contribution in [0.25, 0.3) is 0 Å². The molecule has 0 amide bonds. The lowest BCUT2D eigenvalue weighted by atomic mass is 9.93. The van der Waals surface area contributed by atoms with Crippen molar-refractivity contribution in [3.05, 3.63) is 10.6 Å². The number of anilines is 1. The van der Waals surface area contributed by atoms with Crippen molar-refractivity contribution in [1.29, 1.82) is 0 Å². The number of hydrogen-bond acceptors (Lipinski definition) is 4. The van der Waals surface area contributed by atoms with Gasteiger partial charge in [-0.15, -0.1) is 11.3 Å². The van der Waals surface area contributed by atoms with Gasteiger partial charge in [0.15, 0.2) is 5.13 Å². The molecule has 0 radical (unpaired) electrons. The molecule has 1 aromatic rings. The summed E-state index contributed by atoms with van der Waals surface area (Å²) >= 11 is 1.86. The van der Waals surface area contributed by atoms with Gasteiger partial charge in [-0.1, -0.05) is 20.8 Å². The van der Waals surface area contributed by atoms with Gasteiger partial charge in [0.05, 0.1) is 5.69 Å². The maximum atomic E-state index is 4.77. The van der Waals surface area contributed by atoms with Gasteiger partial charge in [0.1, 0.15) is 0 Å². The van der Waals surface area contributed by atoms with Crippen molar-refractivity contribution in [2.75, 3.05) is 24.5 Å². The highest BCUT2D eigenvalue weighted by Gasteiger charge is 2.31. The average Bonchev–Trinajstić information content (AvgIpc) is 2.82. The molecule has 1 atom stereocenters. The van der Waals surface area contributed by atoms with Crippen LogP contribution >= 0.6 is 11.3 Å². The Labute approximate surface area is 115 Å². The van der Waals surface area contributed by atoms with E-state index in [2.05, 4.69) is 44.8 Å². The molecule has 2 heterocycles. The van der Waals surface area contributed by atoms with Gasteiger partial charge >= 0.3 is 0 Å². The van der Waals surface area contributed by atoms with E-state index in [-0.39, 0.29) is 0 Å². The maximum Gasteiger partial charge on any atom is 0.185 e. The minimum absolute atomic E-state index is 0.414. The monoisotopic (exact) mass is 267 g/mol. The van der Waals surface area contributed by atoms with E-state index in [4.69, 9.17) is 4.98 Å². The standard InChI is InChI=1S/C14H25N3S/c1-6-15-10(2)12-11(3)16-13(18-12)17-8-7-14(4,5)9-17/h10,15H,6-9H2,1-5H3. The molecular weight excluding hydrogens is 242 g/mol. The van der Waals surface area contributed by atoms with E-state index >= 15 is 0 Å². The Bertz CT molecular complexity index is 411. The first-order valence-electron chi connectivity index (χ1n) is 6.88. The van der Waals surface area contributed by atoms with Crippen molar-refractivity contribution in [3.63, 3.8) is 0 Å². The van der Waals surface area contributed by atoms with Crippen molar-refractivity contribution in [1.82, 2.24) is 10.3 Å². The van der Waals surface area contributed by atoms with E-state index in [1.165, 1.54) is 22.1 Å². The van der Waals surface area contributed by atoms with Gasteiger partial charge in [-0.05, 0) is 32.2 Å². The molecule has 1 unspecified atom stereocenters. The highest BCUT2D eigenvalue weighted by atomic mass is 32.1. The summed E-state index contributed by atoms with van der Waals surface area (Å²) in [5, 5.41) is 4.68. The molecule has 4 heteroatoms. The zero-order valence-electron chi connectivity index (χ0n) is 12.2. The largest absolute Gasteiger partial charge is 0.348 e. The average molecular weight is 267 g/mol. The Morgan fingerprint density at radius 2 is 2.22 bits per heavy atom. The predicted octanol–water partition coefficient (Wildman–Crippen LogP) is 3.36. The summed E-state index contributed by atoms with van der Waals surface area (Å²) in [4.78, 5) is 8.60. The molecule has 0 bridgehead atoms. The zero-order chi connectivity index (χ0) is 13.3. The Kier molecular flexibility index (Phi) is 3.97. The fraction of sp³-hybridized carbons (Fsp3) is 0.786. The van der Waals surface area contributed by atoms with Crippen LogP contribution in [0.3, 0.4) is 0 Å². The van der Waals surface area contributed by atoms with Crippen LogP contribution in [0.4, 0.5) is 5.13 Å². The summed E-state index contributed by atoms with van der Waals surface area (Å²) in [6.07, 6.45) is 1.27. The molecule has 1 fully saturated rings. The number of rotatable bonds is 4. The summed E-state index contributed by atoms with van der Waals surface area (Å²) in [5.41, 5.74) is 1.63. The SMILES string of the molecule is CCNC(C)c1sc(N2CCC(C)(C)C2)nc1C. The Balaban J connectivity index is 2.14. The van der Waals surface area contributed by atoms with Gasteiger partial charge in [-0.25, -0.2) is 4.98 Å². The molecule has 1 N–H and O–H groups in total. The number of nitrogens with one attached hydrogen (secondary N) is 1. The third kappa shape index (κ3) is 2.86. The number of aromatic nitrogens is 1. The van der Waals surface area contributed by atoms with Crippen molar-refractivity contribution in [2.45, 2.75) is 47.1 Å². The van der Waals surface area contributed by atoms with Gasteiger partial charge in [-0.2, -0.15) is 0 Å². The van der Waals surface area contributed by atoms with E-state index < -0.39 is 0 Å². The topological polar surface area (TPSA) is 28.2 Å². The molecule has 18 heavy (non-hydrogen) atoms. The number of aryl methyl sites for hydroxylation is 1. The van der Waals surface area contributed by atoms with Crippen LogP contribution in [0.15, 0.2) is 0 Å². The molecule has 3 nitrogen and oxygen atoms in total. The smallest absolute Gasteiger partial charge is 0.185 e. The molecule has 0 spiro atoms. The number of hydrogen-bond donors (Lipinski definition) is 1. The van der Waals surface area contributed by atoms with Crippen molar-refractivity contribution in [2.24, 2.45) is 5.41 Å². The summed E-state index contributed by atoms with van der Waals surface area (Å²) < 4.78 is 0. The quantitative estimate of drug-likeness (QED) is 0.906. The van der Waals surface area contributed by atoms with Crippen LogP contribution in [-0.4, -0.2) is 24.6 Å². The normalized spacial score (nSPS) is 20.4. The molecule has 0 aliphatic carbocycles. The van der Waals surface area contributed by atoms with Crippen LogP contribution in [0, 0.1) is 12.3 Å². The van der Waals surface area contributed by atoms with Gasteiger partial charge < -0.3 is 10.2 Å². The van der Waals surface area contributed by atoms with E-state index in [1.54, 1.807) is 0 Å². The summed E-state index contributed by atoms with van der Waals surface area (Å²) in [6, 6.07) is 0.414. The minimum atomic E-state index is 0.414. The fourth-order valence-corrected chi connectivity index (χ4v) is 3.72. The Morgan fingerprint density at radius 1 is 1.50 bits per heavy atom. The summed E-state index contributed by atoms with van der Waals surface area (Å²) in [7, 11) is 0. The fourth-order valence-electron chi connectivity index (χ4n) is 2.61. The van der Waals surface area contributed by atoms with Gasteiger partial charge in [-0.3, -0.25) is 0 Å². The van der Waals surface area contributed by atoms with E-state index in [0.717, 1.165) is 19.6 Å². The van der Waals surface area contributed by atoms with Crippen LogP contribution in [0.1, 0.15) is 50.7 Å². The summed E-state index contributed by atoms with van der Waals surface area (Å²) in [5.74, 6) is 0. The second-order valence-corrected chi connectivity index (χ2v) is 7.07. The molecule has 1 aromatic heterocycles. The zero-order valence-corrected chi connectivity index (χ0v) is 13.0. The summed E-state index contributed by atoms with van der Waals surface area (Å²) in [6.45, 7) is 14.5. The minimum Gasteiger partial charge on any atom is -0.348 e. The molecular formula is C14H25N3S. The van der Waals surface area contributed by atoms with E-state index in [9.17, 15) is 0 Å². The number of thiazole rings is 1. The highest BCUT2D eigenvalue weighted by molar-refractivity contribution is 7.15. The van der Waals surface area contributed by atoms with Crippen LogP contribution in [-0.2, 0) is 0 Å². The molecule has 2 rings (SSSR count). The second kappa shape index (κ2) is 5.17. The van der Waals surface area contributed by atoms with Crippen molar-refractivity contribution >= 4 is 16.5 Å². The van der Waals surface area contributed by atoms with Gasteiger partial charge in [0.2, 0.25) is 0 Å². The van der Waals surface area contributed by atoms with Crippen LogP contribution in [0.2, 0.25) is 0 Å². The Hall–Kier alpha value is -0.610. The molecule has 1 saturated heterocycles. The lowest BCUT2D eigenvalue weighted by molar-refractivity contribution is 0.418. The first-order chi connectivity index (χ1) is 8.43. The van der Waals surface area contributed by atoms with Crippen LogP contribution < -0.4 is 10.2 Å². The molecule has 1 aliphatic heterocycles. The van der Waals surface area contributed by atoms with Gasteiger partial charge in [0, 0.05) is 24.0 Å². The lowest BCUT2D eigenvalue weighted by Crippen LogP contribution is -2.22. The molecule has 0 aromatic carbocycles. The number of nitrogens with zero attached hydrogens (tertiary/aromatic N) is 2. The first kappa shape index (κ1) is 13.8.